The van der Waals surface area contributed by atoms with Gasteiger partial charge in [-0.05, 0) is 13.0 Å². The van der Waals surface area contributed by atoms with E-state index in [9.17, 15) is 24.1 Å². The first-order valence-electron chi connectivity index (χ1n) is 4.92. The minimum atomic E-state index is -0.992. The SMILES string of the molecule is CC1=CC(=O)N(c2ccc([N+](=O)[O-])cc2F)C1=O. The summed E-state index contributed by atoms with van der Waals surface area (Å²) in [5.41, 5.74) is -0.540. The molecule has 0 N–H and O–H groups in total. The highest BCUT2D eigenvalue weighted by molar-refractivity contribution is 6.30. The summed E-state index contributed by atoms with van der Waals surface area (Å²) in [5.74, 6) is -2.29. The molecule has 1 heterocycles. The number of halogens is 1. The molecule has 0 atom stereocenters. The Morgan fingerprint density at radius 3 is 2.44 bits per heavy atom. The van der Waals surface area contributed by atoms with Crippen LogP contribution in [0.15, 0.2) is 29.8 Å². The monoisotopic (exact) mass is 250 g/mol. The zero-order valence-electron chi connectivity index (χ0n) is 9.21. The van der Waals surface area contributed by atoms with Crippen molar-refractivity contribution in [2.45, 2.75) is 6.92 Å². The van der Waals surface area contributed by atoms with Gasteiger partial charge >= 0.3 is 0 Å². The lowest BCUT2D eigenvalue weighted by molar-refractivity contribution is -0.385. The maximum absolute atomic E-state index is 13.7. The van der Waals surface area contributed by atoms with Gasteiger partial charge in [-0.25, -0.2) is 9.29 Å². The van der Waals surface area contributed by atoms with Gasteiger partial charge in [0.2, 0.25) is 0 Å². The van der Waals surface area contributed by atoms with Crippen molar-refractivity contribution in [3.63, 3.8) is 0 Å². The highest BCUT2D eigenvalue weighted by atomic mass is 19.1. The fraction of sp³-hybridized carbons (Fsp3) is 0.0909. The van der Waals surface area contributed by atoms with Gasteiger partial charge in [0.15, 0.2) is 5.82 Å². The van der Waals surface area contributed by atoms with Crippen molar-refractivity contribution in [3.05, 3.63) is 45.8 Å². The molecule has 2 amide bonds. The second-order valence-electron chi connectivity index (χ2n) is 3.70. The molecule has 7 heteroatoms. The van der Waals surface area contributed by atoms with Crippen molar-refractivity contribution in [1.29, 1.82) is 0 Å². The largest absolute Gasteiger partial charge is 0.272 e. The van der Waals surface area contributed by atoms with Gasteiger partial charge in [-0.3, -0.25) is 19.7 Å². The van der Waals surface area contributed by atoms with Gasteiger partial charge in [-0.15, -0.1) is 0 Å². The number of benzene rings is 1. The predicted octanol–water partition coefficient (Wildman–Crippen LogP) is 1.55. The number of non-ortho nitro benzene ring substituents is 1. The van der Waals surface area contributed by atoms with Crippen molar-refractivity contribution >= 4 is 23.2 Å². The molecule has 0 saturated heterocycles. The molecule has 0 saturated carbocycles. The lowest BCUT2D eigenvalue weighted by atomic mass is 10.2. The van der Waals surface area contributed by atoms with Crippen LogP contribution in [-0.4, -0.2) is 16.7 Å². The highest BCUT2D eigenvalue weighted by Crippen LogP contribution is 2.27. The van der Waals surface area contributed by atoms with E-state index in [1.54, 1.807) is 0 Å². The van der Waals surface area contributed by atoms with Crippen LogP contribution in [0, 0.1) is 15.9 Å². The normalized spacial score (nSPS) is 15.0. The first-order valence-corrected chi connectivity index (χ1v) is 4.92. The number of carbonyl (C=O) groups is 2. The maximum Gasteiger partial charge on any atom is 0.272 e. The Balaban J connectivity index is 2.45. The Bertz CT molecular complexity index is 609. The van der Waals surface area contributed by atoms with Gasteiger partial charge in [0.05, 0.1) is 16.7 Å². The summed E-state index contributed by atoms with van der Waals surface area (Å²) in [7, 11) is 0. The molecule has 0 fully saturated rings. The molecule has 1 aromatic rings. The van der Waals surface area contributed by atoms with Crippen LogP contribution in [0.2, 0.25) is 0 Å². The quantitative estimate of drug-likeness (QED) is 0.453. The van der Waals surface area contributed by atoms with Crippen molar-refractivity contribution in [1.82, 2.24) is 0 Å². The molecule has 1 aliphatic heterocycles. The van der Waals surface area contributed by atoms with Gasteiger partial charge in [-0.2, -0.15) is 0 Å². The van der Waals surface area contributed by atoms with E-state index in [2.05, 4.69) is 0 Å². The second-order valence-corrected chi connectivity index (χ2v) is 3.70. The minimum absolute atomic E-state index is 0.192. The number of nitro groups is 1. The van der Waals surface area contributed by atoms with Crippen LogP contribution in [0.1, 0.15) is 6.92 Å². The molecular weight excluding hydrogens is 243 g/mol. The number of anilines is 1. The molecule has 2 rings (SSSR count). The topological polar surface area (TPSA) is 80.5 Å². The molecule has 0 spiro atoms. The summed E-state index contributed by atoms with van der Waals surface area (Å²) in [6, 6.07) is 2.74. The van der Waals surface area contributed by atoms with E-state index >= 15 is 0 Å². The molecule has 18 heavy (non-hydrogen) atoms. The van der Waals surface area contributed by atoms with E-state index in [-0.39, 0.29) is 11.3 Å². The summed E-state index contributed by atoms with van der Waals surface area (Å²) in [6.45, 7) is 1.43. The van der Waals surface area contributed by atoms with E-state index in [0.29, 0.717) is 11.0 Å². The lowest BCUT2D eigenvalue weighted by Gasteiger charge is -2.14. The van der Waals surface area contributed by atoms with Gasteiger partial charge in [-0.1, -0.05) is 0 Å². The molecule has 0 aliphatic carbocycles. The first-order chi connectivity index (χ1) is 8.41. The average Bonchev–Trinajstić information content (AvgIpc) is 2.54. The van der Waals surface area contributed by atoms with Crippen molar-refractivity contribution in [2.24, 2.45) is 0 Å². The standard InChI is InChI=1S/C11H7FN2O4/c1-6-4-10(15)13(11(6)16)9-3-2-7(14(17)18)5-8(9)12/h2-5H,1H3. The zero-order chi connectivity index (χ0) is 13.4. The van der Waals surface area contributed by atoms with E-state index in [0.717, 1.165) is 18.2 Å². The molecule has 0 unspecified atom stereocenters. The molecule has 92 valence electrons. The van der Waals surface area contributed by atoms with Crippen LogP contribution in [0.5, 0.6) is 0 Å². The molecule has 0 bridgehead atoms. The smallest absolute Gasteiger partial charge is 0.269 e. The number of nitro benzene ring substituents is 1. The first kappa shape index (κ1) is 11.9. The summed E-state index contributed by atoms with van der Waals surface area (Å²) in [4.78, 5) is 33.5. The van der Waals surface area contributed by atoms with Crippen LogP contribution >= 0.6 is 0 Å². The Labute approximate surface area is 100 Å². The number of imide groups is 1. The summed E-state index contributed by atoms with van der Waals surface area (Å²) < 4.78 is 13.7. The Morgan fingerprint density at radius 1 is 1.33 bits per heavy atom. The number of rotatable bonds is 2. The molecule has 1 aliphatic rings. The Hall–Kier alpha value is -2.57. The molecule has 1 aromatic carbocycles. The molecule has 0 radical (unpaired) electrons. The molecular formula is C11H7FN2O4. The minimum Gasteiger partial charge on any atom is -0.269 e. The van der Waals surface area contributed by atoms with Gasteiger partial charge < -0.3 is 0 Å². The number of hydrogen-bond acceptors (Lipinski definition) is 4. The molecule has 0 aromatic heterocycles. The third-order valence-corrected chi connectivity index (χ3v) is 2.48. The van der Waals surface area contributed by atoms with E-state index in [1.807, 2.05) is 0 Å². The number of amides is 2. The number of hydrogen-bond donors (Lipinski definition) is 0. The van der Waals surface area contributed by atoms with Crippen LogP contribution < -0.4 is 4.90 Å². The fourth-order valence-electron chi connectivity index (χ4n) is 1.61. The van der Waals surface area contributed by atoms with Crippen LogP contribution in [0.4, 0.5) is 15.8 Å². The third-order valence-electron chi connectivity index (χ3n) is 2.48. The number of nitrogens with zero attached hydrogens (tertiary/aromatic N) is 2. The summed E-state index contributed by atoms with van der Waals surface area (Å²) in [5, 5.41) is 10.4. The Kier molecular flexibility index (Phi) is 2.66. The van der Waals surface area contributed by atoms with Gasteiger partial charge in [0.1, 0.15) is 0 Å². The van der Waals surface area contributed by atoms with Crippen molar-refractivity contribution in [2.75, 3.05) is 4.90 Å². The van der Waals surface area contributed by atoms with Gasteiger partial charge in [0.25, 0.3) is 17.5 Å². The second kappa shape index (κ2) is 4.02. The lowest BCUT2D eigenvalue weighted by Crippen LogP contribution is -2.31. The average molecular weight is 250 g/mol. The van der Waals surface area contributed by atoms with E-state index in [1.165, 1.54) is 6.92 Å². The summed E-state index contributed by atoms with van der Waals surface area (Å²) in [6.07, 6.45) is 1.09. The van der Waals surface area contributed by atoms with Crippen molar-refractivity contribution in [3.8, 4) is 0 Å². The van der Waals surface area contributed by atoms with Crippen LogP contribution in [0.3, 0.4) is 0 Å². The van der Waals surface area contributed by atoms with Crippen LogP contribution in [-0.2, 0) is 9.59 Å². The highest BCUT2D eigenvalue weighted by Gasteiger charge is 2.32. The van der Waals surface area contributed by atoms with Crippen molar-refractivity contribution < 1.29 is 18.9 Å². The maximum atomic E-state index is 13.7. The van der Waals surface area contributed by atoms with Gasteiger partial charge in [0, 0.05) is 17.7 Å². The number of carbonyl (C=O) groups excluding carboxylic acids is 2. The fourth-order valence-corrected chi connectivity index (χ4v) is 1.61. The summed E-state index contributed by atoms with van der Waals surface area (Å²) >= 11 is 0. The Morgan fingerprint density at radius 2 is 2.00 bits per heavy atom. The predicted molar refractivity (Wildman–Crippen MR) is 59.3 cm³/mol. The van der Waals surface area contributed by atoms with Crippen LogP contribution in [0.25, 0.3) is 0 Å². The van der Waals surface area contributed by atoms with E-state index in [4.69, 9.17) is 0 Å². The van der Waals surface area contributed by atoms with E-state index < -0.39 is 28.2 Å². The molecule has 6 nitrogen and oxygen atoms in total. The third kappa shape index (κ3) is 1.75. The zero-order valence-corrected chi connectivity index (χ0v) is 9.21.